The Morgan fingerprint density at radius 3 is 1.25 bits per heavy atom. The number of para-hydroxylation sites is 2. The maximum Gasteiger partial charge on any atom is 0.0541 e. The third-order valence-corrected chi connectivity index (χ3v) is 8.20. The Balaban J connectivity index is 1.31. The third kappa shape index (κ3) is 3.43. The molecule has 2 nitrogen and oxygen atoms in total. The molecule has 6 aromatic carbocycles. The van der Waals surface area contributed by atoms with Gasteiger partial charge in [0.2, 0.25) is 0 Å². The van der Waals surface area contributed by atoms with E-state index in [1.807, 2.05) is 0 Å². The summed E-state index contributed by atoms with van der Waals surface area (Å²) in [6.45, 7) is 4.34. The molecule has 40 heavy (non-hydrogen) atoms. The Bertz CT molecular complexity index is 2130. The number of benzene rings is 6. The fraction of sp³-hybridized carbons (Fsp3) is 0.0526. The minimum Gasteiger partial charge on any atom is -0.309 e. The molecular weight excluding hydrogens is 484 g/mol. The molecule has 0 spiro atoms. The topological polar surface area (TPSA) is 9.86 Å². The summed E-state index contributed by atoms with van der Waals surface area (Å²) in [5.74, 6) is 0. The second kappa shape index (κ2) is 8.72. The molecule has 0 N–H and O–H groups in total. The lowest BCUT2D eigenvalue weighted by atomic mass is 10.0. The fourth-order valence-corrected chi connectivity index (χ4v) is 6.38. The van der Waals surface area contributed by atoms with Crippen LogP contribution in [0.5, 0.6) is 0 Å². The third-order valence-electron chi connectivity index (χ3n) is 8.20. The lowest BCUT2D eigenvalue weighted by molar-refractivity contribution is 1.17. The molecule has 2 heteroatoms. The molecule has 8 rings (SSSR count). The summed E-state index contributed by atoms with van der Waals surface area (Å²) in [7, 11) is 0. The summed E-state index contributed by atoms with van der Waals surface area (Å²) in [4.78, 5) is 0. The van der Waals surface area contributed by atoms with Gasteiger partial charge in [0.25, 0.3) is 0 Å². The van der Waals surface area contributed by atoms with Crippen LogP contribution in [0.25, 0.3) is 66.1 Å². The molecule has 8 aromatic rings. The van der Waals surface area contributed by atoms with Crippen LogP contribution in [0.4, 0.5) is 0 Å². The highest BCUT2D eigenvalue weighted by Gasteiger charge is 2.15. The van der Waals surface area contributed by atoms with E-state index in [1.54, 1.807) is 0 Å². The molecule has 0 aliphatic heterocycles. The molecule has 0 atom stereocenters. The van der Waals surface area contributed by atoms with Crippen LogP contribution in [-0.2, 0) is 0 Å². The van der Waals surface area contributed by atoms with E-state index >= 15 is 0 Å². The first kappa shape index (κ1) is 22.9. The lowest BCUT2D eigenvalue weighted by Crippen LogP contribution is -1.96. The standard InChI is InChI=1S/C38H28N2/c1-25-17-19-37-33(21-25)34-22-26(2)18-20-38(34)40(37)30-12-8-10-28(24-30)27-9-7-11-29(23-27)39-35-15-5-3-13-31(35)32-14-4-6-16-36(32)39/h3-24H,1-2H3. The van der Waals surface area contributed by atoms with E-state index in [0.29, 0.717) is 0 Å². The van der Waals surface area contributed by atoms with Crippen LogP contribution in [0.15, 0.2) is 133 Å². The van der Waals surface area contributed by atoms with Gasteiger partial charge in [-0.05, 0) is 85.6 Å². The number of fused-ring (bicyclic) bond motifs is 6. The van der Waals surface area contributed by atoms with E-state index in [-0.39, 0.29) is 0 Å². The van der Waals surface area contributed by atoms with Gasteiger partial charge in [-0.3, -0.25) is 0 Å². The molecule has 0 aliphatic rings. The summed E-state index contributed by atoms with van der Waals surface area (Å²) in [5.41, 5.74) is 12.2. The van der Waals surface area contributed by atoms with Gasteiger partial charge in [-0.25, -0.2) is 0 Å². The molecule has 2 aromatic heterocycles. The van der Waals surface area contributed by atoms with Crippen molar-refractivity contribution in [2.24, 2.45) is 0 Å². The van der Waals surface area contributed by atoms with E-state index in [1.165, 1.54) is 77.2 Å². The smallest absolute Gasteiger partial charge is 0.0541 e. The molecule has 2 heterocycles. The number of nitrogens with zero attached hydrogens (tertiary/aromatic N) is 2. The van der Waals surface area contributed by atoms with Crippen LogP contribution in [0.3, 0.4) is 0 Å². The van der Waals surface area contributed by atoms with E-state index in [2.05, 4.69) is 156 Å². The summed E-state index contributed by atoms with van der Waals surface area (Å²) in [5, 5.41) is 5.17. The molecule has 0 unspecified atom stereocenters. The van der Waals surface area contributed by atoms with Crippen molar-refractivity contribution in [3.63, 3.8) is 0 Å². The van der Waals surface area contributed by atoms with Crippen LogP contribution in [-0.4, -0.2) is 9.13 Å². The second-order valence-electron chi connectivity index (χ2n) is 10.8. The first-order valence-electron chi connectivity index (χ1n) is 13.9. The van der Waals surface area contributed by atoms with Crippen LogP contribution in [0.2, 0.25) is 0 Å². The molecule has 0 bridgehead atoms. The Labute approximate surface area is 233 Å². The predicted molar refractivity (Wildman–Crippen MR) is 170 cm³/mol. The zero-order chi connectivity index (χ0) is 26.8. The van der Waals surface area contributed by atoms with Crippen molar-refractivity contribution in [1.82, 2.24) is 9.13 Å². The van der Waals surface area contributed by atoms with Crippen molar-refractivity contribution in [2.45, 2.75) is 13.8 Å². The molecule has 0 aliphatic carbocycles. The minimum atomic E-state index is 1.17. The van der Waals surface area contributed by atoms with Gasteiger partial charge in [-0.1, -0.05) is 83.9 Å². The zero-order valence-corrected chi connectivity index (χ0v) is 22.6. The number of rotatable bonds is 3. The second-order valence-corrected chi connectivity index (χ2v) is 10.8. The van der Waals surface area contributed by atoms with Crippen molar-refractivity contribution in [2.75, 3.05) is 0 Å². The maximum absolute atomic E-state index is 2.41. The zero-order valence-electron chi connectivity index (χ0n) is 22.6. The quantitative estimate of drug-likeness (QED) is 0.223. The Morgan fingerprint density at radius 1 is 0.350 bits per heavy atom. The Morgan fingerprint density at radius 2 is 0.775 bits per heavy atom. The lowest BCUT2D eigenvalue weighted by Gasteiger charge is -2.13. The van der Waals surface area contributed by atoms with E-state index in [0.717, 1.165) is 0 Å². The average molecular weight is 513 g/mol. The molecule has 0 fully saturated rings. The van der Waals surface area contributed by atoms with Gasteiger partial charge < -0.3 is 9.13 Å². The SMILES string of the molecule is Cc1ccc2c(c1)c1cc(C)ccc1n2-c1cccc(-c2cccc(-n3c4ccccc4c4ccccc43)c2)c1. The number of hydrogen-bond donors (Lipinski definition) is 0. The van der Waals surface area contributed by atoms with E-state index in [9.17, 15) is 0 Å². The molecule has 0 saturated carbocycles. The van der Waals surface area contributed by atoms with Crippen LogP contribution in [0, 0.1) is 13.8 Å². The molecule has 0 amide bonds. The Kier molecular flexibility index (Phi) is 4.99. The van der Waals surface area contributed by atoms with Gasteiger partial charge in [0, 0.05) is 32.9 Å². The fourth-order valence-electron chi connectivity index (χ4n) is 6.38. The summed E-state index contributed by atoms with van der Waals surface area (Å²) in [6.07, 6.45) is 0. The Hall–Kier alpha value is -5.08. The normalized spacial score (nSPS) is 11.8. The molecule has 0 radical (unpaired) electrons. The number of aromatic nitrogens is 2. The van der Waals surface area contributed by atoms with Crippen LogP contribution in [0.1, 0.15) is 11.1 Å². The average Bonchev–Trinajstić information content (AvgIpc) is 3.49. The summed E-state index contributed by atoms with van der Waals surface area (Å²) >= 11 is 0. The maximum atomic E-state index is 2.41. The van der Waals surface area contributed by atoms with E-state index in [4.69, 9.17) is 0 Å². The van der Waals surface area contributed by atoms with Crippen LogP contribution < -0.4 is 0 Å². The van der Waals surface area contributed by atoms with Crippen molar-refractivity contribution in [1.29, 1.82) is 0 Å². The van der Waals surface area contributed by atoms with Gasteiger partial charge in [0.05, 0.1) is 22.1 Å². The van der Waals surface area contributed by atoms with Gasteiger partial charge in [-0.15, -0.1) is 0 Å². The van der Waals surface area contributed by atoms with Gasteiger partial charge in [0.1, 0.15) is 0 Å². The van der Waals surface area contributed by atoms with Gasteiger partial charge >= 0.3 is 0 Å². The largest absolute Gasteiger partial charge is 0.309 e. The van der Waals surface area contributed by atoms with Gasteiger partial charge in [-0.2, -0.15) is 0 Å². The monoisotopic (exact) mass is 512 g/mol. The summed E-state index contributed by atoms with van der Waals surface area (Å²) in [6, 6.07) is 48.8. The van der Waals surface area contributed by atoms with E-state index < -0.39 is 0 Å². The minimum absolute atomic E-state index is 1.17. The highest BCUT2D eigenvalue weighted by atomic mass is 15.0. The first-order chi connectivity index (χ1) is 19.7. The van der Waals surface area contributed by atoms with Gasteiger partial charge in [0.15, 0.2) is 0 Å². The number of aryl methyl sites for hydroxylation is 2. The van der Waals surface area contributed by atoms with Crippen molar-refractivity contribution in [3.8, 4) is 22.5 Å². The first-order valence-corrected chi connectivity index (χ1v) is 13.9. The number of hydrogen-bond acceptors (Lipinski definition) is 0. The van der Waals surface area contributed by atoms with Crippen molar-refractivity contribution in [3.05, 3.63) is 145 Å². The predicted octanol–water partition coefficient (Wildman–Crippen LogP) is 10.2. The highest BCUT2D eigenvalue weighted by molar-refractivity contribution is 6.10. The highest BCUT2D eigenvalue weighted by Crippen LogP contribution is 2.36. The molecule has 0 saturated heterocycles. The van der Waals surface area contributed by atoms with Crippen molar-refractivity contribution >= 4 is 43.6 Å². The summed E-state index contributed by atoms with van der Waals surface area (Å²) < 4.78 is 4.79. The molecular formula is C38H28N2. The molecule has 190 valence electrons. The van der Waals surface area contributed by atoms with Crippen LogP contribution >= 0.6 is 0 Å². The van der Waals surface area contributed by atoms with Crippen molar-refractivity contribution < 1.29 is 0 Å².